The average molecular weight is 177 g/mol. The molecule has 0 aliphatic heterocycles. The minimum Gasteiger partial charge on any atom is -0.329 e. The number of nitrogens with zero attached hydrogens (tertiary/aromatic N) is 1. The number of hydrogen-bond acceptors (Lipinski definition) is 3. The average Bonchev–Trinajstić information content (AvgIpc) is 2.04. The molecule has 0 aliphatic carbocycles. The molecule has 1 aromatic heterocycles. The van der Waals surface area contributed by atoms with Crippen LogP contribution >= 0.6 is 0 Å². The molecule has 1 rings (SSSR count). The lowest BCUT2D eigenvalue weighted by atomic mass is 10.0. The van der Waals surface area contributed by atoms with Gasteiger partial charge in [0.15, 0.2) is 0 Å². The summed E-state index contributed by atoms with van der Waals surface area (Å²) in [5.41, 5.74) is 7.21. The van der Waals surface area contributed by atoms with Crippen molar-refractivity contribution in [2.75, 3.05) is 0 Å². The molecule has 4 heteroatoms. The molecule has 0 aromatic carbocycles. The maximum Gasteiger partial charge on any atom is 0.248 e. The van der Waals surface area contributed by atoms with E-state index in [0.29, 0.717) is 0 Å². The third kappa shape index (κ3) is 2.17. The first-order chi connectivity index (χ1) is 6.15. The standard InChI is InChI=1S/C9H11N3O/c1-6-4-9(13)12-5-7(6)8(11)2-3-10/h4-5,8H,2,11H2,1H3,(H,12,13)/t8-/m0/s1. The van der Waals surface area contributed by atoms with Crippen LogP contribution in [0.1, 0.15) is 23.6 Å². The number of aromatic amines is 1. The van der Waals surface area contributed by atoms with Gasteiger partial charge in [-0.2, -0.15) is 5.26 Å². The number of nitrogens with one attached hydrogen (secondary N) is 1. The monoisotopic (exact) mass is 177 g/mol. The summed E-state index contributed by atoms with van der Waals surface area (Å²) in [6.45, 7) is 1.81. The molecule has 0 bridgehead atoms. The Morgan fingerprint density at radius 2 is 2.46 bits per heavy atom. The number of rotatable bonds is 2. The molecule has 0 saturated heterocycles. The normalized spacial score (nSPS) is 12.1. The van der Waals surface area contributed by atoms with Crippen LogP contribution in [0.3, 0.4) is 0 Å². The van der Waals surface area contributed by atoms with E-state index in [0.717, 1.165) is 11.1 Å². The Bertz CT molecular complexity index is 389. The Labute approximate surface area is 76.0 Å². The van der Waals surface area contributed by atoms with Crippen LogP contribution in [0.25, 0.3) is 0 Å². The van der Waals surface area contributed by atoms with E-state index in [2.05, 4.69) is 4.98 Å². The first-order valence-corrected chi connectivity index (χ1v) is 3.97. The van der Waals surface area contributed by atoms with Gasteiger partial charge in [0.25, 0.3) is 0 Å². The Morgan fingerprint density at radius 3 is 3.00 bits per heavy atom. The van der Waals surface area contributed by atoms with Gasteiger partial charge in [-0.05, 0) is 18.1 Å². The third-order valence-electron chi connectivity index (χ3n) is 1.88. The van der Waals surface area contributed by atoms with Crippen molar-refractivity contribution in [1.82, 2.24) is 4.98 Å². The highest BCUT2D eigenvalue weighted by Crippen LogP contribution is 2.14. The fourth-order valence-electron chi connectivity index (χ4n) is 1.19. The molecule has 68 valence electrons. The summed E-state index contributed by atoms with van der Waals surface area (Å²) < 4.78 is 0. The number of aryl methyl sites for hydroxylation is 1. The maximum absolute atomic E-state index is 10.9. The van der Waals surface area contributed by atoms with Crippen LogP contribution in [0, 0.1) is 18.3 Å². The van der Waals surface area contributed by atoms with Gasteiger partial charge < -0.3 is 10.7 Å². The molecule has 0 spiro atoms. The predicted molar refractivity (Wildman–Crippen MR) is 49.0 cm³/mol. The summed E-state index contributed by atoms with van der Waals surface area (Å²) >= 11 is 0. The largest absolute Gasteiger partial charge is 0.329 e. The number of hydrogen-bond donors (Lipinski definition) is 2. The van der Waals surface area contributed by atoms with E-state index in [1.54, 1.807) is 6.20 Å². The van der Waals surface area contributed by atoms with E-state index in [-0.39, 0.29) is 18.0 Å². The number of nitriles is 1. The second-order valence-corrected chi connectivity index (χ2v) is 2.90. The minimum atomic E-state index is -0.318. The maximum atomic E-state index is 10.9. The van der Waals surface area contributed by atoms with Gasteiger partial charge in [0.05, 0.1) is 12.5 Å². The van der Waals surface area contributed by atoms with E-state index >= 15 is 0 Å². The number of aromatic nitrogens is 1. The third-order valence-corrected chi connectivity index (χ3v) is 1.88. The van der Waals surface area contributed by atoms with Gasteiger partial charge in [-0.15, -0.1) is 0 Å². The van der Waals surface area contributed by atoms with Crippen LogP contribution in [0.5, 0.6) is 0 Å². The van der Waals surface area contributed by atoms with Crippen molar-refractivity contribution >= 4 is 0 Å². The zero-order chi connectivity index (χ0) is 9.84. The highest BCUT2D eigenvalue weighted by molar-refractivity contribution is 5.25. The molecule has 1 heterocycles. The first-order valence-electron chi connectivity index (χ1n) is 3.97. The molecule has 4 nitrogen and oxygen atoms in total. The molecular formula is C9H11N3O. The van der Waals surface area contributed by atoms with Gasteiger partial charge >= 0.3 is 0 Å². The van der Waals surface area contributed by atoms with Crippen molar-refractivity contribution in [2.45, 2.75) is 19.4 Å². The number of H-pyrrole nitrogens is 1. The van der Waals surface area contributed by atoms with Crippen molar-refractivity contribution in [3.8, 4) is 6.07 Å². The molecule has 13 heavy (non-hydrogen) atoms. The van der Waals surface area contributed by atoms with E-state index in [1.165, 1.54) is 6.07 Å². The van der Waals surface area contributed by atoms with E-state index in [4.69, 9.17) is 11.0 Å². The zero-order valence-corrected chi connectivity index (χ0v) is 7.37. The molecule has 1 atom stereocenters. The van der Waals surface area contributed by atoms with Gasteiger partial charge in [0, 0.05) is 18.3 Å². The van der Waals surface area contributed by atoms with E-state index in [1.807, 2.05) is 13.0 Å². The lowest BCUT2D eigenvalue weighted by Crippen LogP contribution is -2.14. The highest BCUT2D eigenvalue weighted by atomic mass is 16.1. The van der Waals surface area contributed by atoms with Crippen LogP contribution in [-0.2, 0) is 0 Å². The van der Waals surface area contributed by atoms with Crippen LogP contribution < -0.4 is 11.3 Å². The second-order valence-electron chi connectivity index (χ2n) is 2.90. The molecule has 0 unspecified atom stereocenters. The van der Waals surface area contributed by atoms with Crippen molar-refractivity contribution < 1.29 is 0 Å². The lowest BCUT2D eigenvalue weighted by molar-refractivity contribution is 0.736. The Morgan fingerprint density at radius 1 is 1.77 bits per heavy atom. The van der Waals surface area contributed by atoms with E-state index in [9.17, 15) is 4.79 Å². The summed E-state index contributed by atoms with van der Waals surface area (Å²) in [7, 11) is 0. The molecule has 0 amide bonds. The van der Waals surface area contributed by atoms with Crippen molar-refractivity contribution in [1.29, 1.82) is 5.26 Å². The van der Waals surface area contributed by atoms with Crippen LogP contribution in [0.15, 0.2) is 17.1 Å². The van der Waals surface area contributed by atoms with Crippen LogP contribution in [0.2, 0.25) is 0 Å². The number of nitrogens with two attached hydrogens (primary N) is 1. The fourth-order valence-corrected chi connectivity index (χ4v) is 1.19. The fraction of sp³-hybridized carbons (Fsp3) is 0.333. The van der Waals surface area contributed by atoms with Crippen molar-refractivity contribution in [2.24, 2.45) is 5.73 Å². The van der Waals surface area contributed by atoms with Gasteiger partial charge in [-0.3, -0.25) is 4.79 Å². The zero-order valence-electron chi connectivity index (χ0n) is 7.37. The molecule has 0 aliphatic rings. The van der Waals surface area contributed by atoms with Crippen LogP contribution in [0.4, 0.5) is 0 Å². The minimum absolute atomic E-state index is 0.148. The second kappa shape index (κ2) is 3.87. The summed E-state index contributed by atoms with van der Waals surface area (Å²) in [6.07, 6.45) is 1.83. The molecule has 1 aromatic rings. The van der Waals surface area contributed by atoms with Gasteiger partial charge in [0.2, 0.25) is 5.56 Å². The first kappa shape index (κ1) is 9.49. The summed E-state index contributed by atoms with van der Waals surface area (Å²) in [6, 6.07) is 3.15. The molecule has 0 fully saturated rings. The Kier molecular flexibility index (Phi) is 2.83. The highest BCUT2D eigenvalue weighted by Gasteiger charge is 2.08. The topological polar surface area (TPSA) is 82.7 Å². The quantitative estimate of drug-likeness (QED) is 0.693. The summed E-state index contributed by atoms with van der Waals surface area (Å²) in [5, 5.41) is 8.44. The Balaban J connectivity index is 3.03. The van der Waals surface area contributed by atoms with E-state index < -0.39 is 0 Å². The molecule has 3 N–H and O–H groups in total. The predicted octanol–water partition coefficient (Wildman–Crippen LogP) is 0.597. The SMILES string of the molecule is Cc1cc(=O)[nH]cc1[C@@H](N)CC#N. The smallest absolute Gasteiger partial charge is 0.248 e. The molecule has 0 saturated carbocycles. The molecular weight excluding hydrogens is 166 g/mol. The van der Waals surface area contributed by atoms with Gasteiger partial charge in [-0.1, -0.05) is 0 Å². The van der Waals surface area contributed by atoms with Gasteiger partial charge in [0.1, 0.15) is 0 Å². The van der Waals surface area contributed by atoms with Crippen LogP contribution in [-0.4, -0.2) is 4.98 Å². The summed E-state index contributed by atoms with van der Waals surface area (Å²) in [5.74, 6) is 0. The van der Waals surface area contributed by atoms with Gasteiger partial charge in [-0.25, -0.2) is 0 Å². The number of pyridine rings is 1. The lowest BCUT2D eigenvalue weighted by Gasteiger charge is -2.09. The Hall–Kier alpha value is -1.60. The van der Waals surface area contributed by atoms with Crippen molar-refractivity contribution in [3.05, 3.63) is 33.7 Å². The van der Waals surface area contributed by atoms with Crippen molar-refractivity contribution in [3.63, 3.8) is 0 Å². The molecule has 0 radical (unpaired) electrons. The summed E-state index contributed by atoms with van der Waals surface area (Å²) in [4.78, 5) is 13.4.